The van der Waals surface area contributed by atoms with Crippen molar-refractivity contribution in [2.24, 2.45) is 0 Å². The van der Waals surface area contributed by atoms with Crippen LogP contribution >= 0.6 is 0 Å². The van der Waals surface area contributed by atoms with Crippen LogP contribution in [0.1, 0.15) is 15.9 Å². The highest BCUT2D eigenvalue weighted by atomic mass is 16.1. The molecule has 4 aromatic rings. The lowest BCUT2D eigenvalue weighted by Crippen LogP contribution is -1.97. The first-order valence-corrected chi connectivity index (χ1v) is 8.39. The van der Waals surface area contributed by atoms with Gasteiger partial charge in [0.15, 0.2) is 5.78 Å². The second-order valence-corrected chi connectivity index (χ2v) is 5.91. The largest absolute Gasteiger partial charge is 0.289 e. The van der Waals surface area contributed by atoms with E-state index in [-0.39, 0.29) is 5.78 Å². The Morgan fingerprint density at radius 2 is 1.50 bits per heavy atom. The summed E-state index contributed by atoms with van der Waals surface area (Å²) >= 11 is 0. The van der Waals surface area contributed by atoms with Crippen molar-refractivity contribution in [1.82, 2.24) is 9.97 Å². The van der Waals surface area contributed by atoms with Crippen LogP contribution in [0.4, 0.5) is 0 Å². The number of ketones is 1. The average Bonchev–Trinajstić information content (AvgIpc) is 2.72. The van der Waals surface area contributed by atoms with Crippen molar-refractivity contribution in [3.05, 3.63) is 102 Å². The Balaban J connectivity index is 1.65. The lowest BCUT2D eigenvalue weighted by Gasteiger charge is -2.07. The van der Waals surface area contributed by atoms with Crippen LogP contribution in [0.3, 0.4) is 0 Å². The van der Waals surface area contributed by atoms with Gasteiger partial charge in [0.25, 0.3) is 0 Å². The second kappa shape index (κ2) is 7.11. The van der Waals surface area contributed by atoms with E-state index in [0.717, 1.165) is 27.7 Å². The molecule has 4 rings (SSSR count). The maximum atomic E-state index is 12.8. The van der Waals surface area contributed by atoms with Crippen LogP contribution in [-0.4, -0.2) is 15.8 Å². The molecule has 3 aromatic carbocycles. The molecule has 26 heavy (non-hydrogen) atoms. The van der Waals surface area contributed by atoms with Crippen LogP contribution in [0.2, 0.25) is 0 Å². The van der Waals surface area contributed by atoms with Crippen LogP contribution in [0, 0.1) is 0 Å². The Bertz CT molecular complexity index is 1100. The fraction of sp³-hybridized carbons (Fsp3) is 0. The maximum absolute atomic E-state index is 12.8. The summed E-state index contributed by atoms with van der Waals surface area (Å²) in [5.41, 5.74) is 5.23. The van der Waals surface area contributed by atoms with Crippen molar-refractivity contribution in [3.8, 4) is 11.1 Å². The lowest BCUT2D eigenvalue weighted by molar-refractivity contribution is 0.104. The molecule has 0 spiro atoms. The highest BCUT2D eigenvalue weighted by Crippen LogP contribution is 2.24. The first-order valence-electron chi connectivity index (χ1n) is 8.39. The van der Waals surface area contributed by atoms with Gasteiger partial charge >= 0.3 is 0 Å². The second-order valence-electron chi connectivity index (χ2n) is 5.91. The predicted molar refractivity (Wildman–Crippen MR) is 105 cm³/mol. The topological polar surface area (TPSA) is 42.9 Å². The maximum Gasteiger partial charge on any atom is 0.186 e. The zero-order chi connectivity index (χ0) is 17.8. The summed E-state index contributed by atoms with van der Waals surface area (Å²) in [5.74, 6) is -0.0244. The van der Waals surface area contributed by atoms with Gasteiger partial charge in [0.2, 0.25) is 0 Å². The molecule has 0 unspecified atom stereocenters. The Labute approximate surface area is 151 Å². The van der Waals surface area contributed by atoms with Crippen molar-refractivity contribution in [3.63, 3.8) is 0 Å². The number of rotatable bonds is 4. The van der Waals surface area contributed by atoms with Gasteiger partial charge in [-0.05, 0) is 34.9 Å². The molecule has 0 radical (unpaired) electrons. The number of carbonyl (C=O) groups is 1. The molecular weight excluding hydrogens is 320 g/mol. The minimum Gasteiger partial charge on any atom is -0.289 e. The smallest absolute Gasteiger partial charge is 0.186 e. The Morgan fingerprint density at radius 1 is 0.769 bits per heavy atom. The summed E-state index contributed by atoms with van der Waals surface area (Å²) in [6.07, 6.45) is 6.76. The highest BCUT2D eigenvalue weighted by Gasteiger charge is 2.09. The summed E-state index contributed by atoms with van der Waals surface area (Å²) in [6, 6.07) is 23.4. The van der Waals surface area contributed by atoms with Crippen LogP contribution in [0.25, 0.3) is 28.2 Å². The van der Waals surface area contributed by atoms with E-state index in [1.165, 1.54) is 0 Å². The summed E-state index contributed by atoms with van der Waals surface area (Å²) in [4.78, 5) is 21.3. The minimum absolute atomic E-state index is 0.0244. The van der Waals surface area contributed by atoms with Crippen LogP contribution in [0.5, 0.6) is 0 Å². The molecule has 124 valence electrons. The summed E-state index contributed by atoms with van der Waals surface area (Å²) < 4.78 is 0. The molecular formula is C23H16N2O. The monoisotopic (exact) mass is 336 g/mol. The van der Waals surface area contributed by atoms with Gasteiger partial charge in [-0.25, -0.2) is 0 Å². The molecule has 0 fully saturated rings. The third kappa shape index (κ3) is 3.28. The summed E-state index contributed by atoms with van der Waals surface area (Å²) in [7, 11) is 0. The Hall–Kier alpha value is -3.59. The van der Waals surface area contributed by atoms with E-state index in [9.17, 15) is 4.79 Å². The standard InChI is InChI=1S/C23H16N2O/c26-23(13-11-17-10-12-21-22(16-17)25-15-14-24-21)20-9-5-4-8-19(20)18-6-2-1-3-7-18/h1-16H/b13-11+. The number of allylic oxidation sites excluding steroid dienone is 1. The summed E-state index contributed by atoms with van der Waals surface area (Å²) in [6.45, 7) is 0. The number of fused-ring (bicyclic) bond motifs is 1. The number of benzene rings is 3. The first kappa shape index (κ1) is 15.9. The first-order chi connectivity index (χ1) is 12.8. The number of nitrogens with zero attached hydrogens (tertiary/aromatic N) is 2. The molecule has 3 nitrogen and oxygen atoms in total. The van der Waals surface area contributed by atoms with Gasteiger partial charge in [-0.3, -0.25) is 14.8 Å². The van der Waals surface area contributed by atoms with E-state index in [2.05, 4.69) is 9.97 Å². The SMILES string of the molecule is O=C(/C=C/c1ccc2nccnc2c1)c1ccccc1-c1ccccc1. The van der Waals surface area contributed by atoms with Crippen LogP contribution < -0.4 is 0 Å². The van der Waals surface area contributed by atoms with Gasteiger partial charge in [-0.2, -0.15) is 0 Å². The van der Waals surface area contributed by atoms with Crippen molar-refractivity contribution in [2.45, 2.75) is 0 Å². The zero-order valence-corrected chi connectivity index (χ0v) is 14.0. The highest BCUT2D eigenvalue weighted by molar-refractivity contribution is 6.11. The fourth-order valence-electron chi connectivity index (χ4n) is 2.91. The van der Waals surface area contributed by atoms with Gasteiger partial charge < -0.3 is 0 Å². The van der Waals surface area contributed by atoms with E-state index in [4.69, 9.17) is 0 Å². The molecule has 0 aliphatic heterocycles. The molecule has 1 heterocycles. The minimum atomic E-state index is -0.0244. The molecule has 0 bridgehead atoms. The predicted octanol–water partition coefficient (Wildman–Crippen LogP) is 5.19. The number of hydrogen-bond acceptors (Lipinski definition) is 3. The van der Waals surface area contributed by atoms with Gasteiger partial charge in [-0.1, -0.05) is 66.7 Å². The van der Waals surface area contributed by atoms with E-state index < -0.39 is 0 Å². The third-order valence-electron chi connectivity index (χ3n) is 4.20. The van der Waals surface area contributed by atoms with Gasteiger partial charge in [0.05, 0.1) is 11.0 Å². The molecule has 0 atom stereocenters. The number of hydrogen-bond donors (Lipinski definition) is 0. The Kier molecular flexibility index (Phi) is 4.35. The average molecular weight is 336 g/mol. The van der Waals surface area contributed by atoms with Crippen LogP contribution in [-0.2, 0) is 0 Å². The fourth-order valence-corrected chi connectivity index (χ4v) is 2.91. The van der Waals surface area contributed by atoms with Crippen molar-refractivity contribution >= 4 is 22.9 Å². The summed E-state index contributed by atoms with van der Waals surface area (Å²) in [5, 5.41) is 0. The van der Waals surface area contributed by atoms with E-state index in [0.29, 0.717) is 5.56 Å². The zero-order valence-electron chi connectivity index (χ0n) is 14.0. The number of carbonyl (C=O) groups excluding carboxylic acids is 1. The molecule has 3 heteroatoms. The molecule has 1 aromatic heterocycles. The molecule has 0 saturated heterocycles. The molecule has 0 N–H and O–H groups in total. The van der Waals surface area contributed by atoms with Crippen molar-refractivity contribution < 1.29 is 4.79 Å². The quantitative estimate of drug-likeness (QED) is 0.380. The number of aromatic nitrogens is 2. The Morgan fingerprint density at radius 3 is 2.35 bits per heavy atom. The van der Waals surface area contributed by atoms with Crippen molar-refractivity contribution in [1.29, 1.82) is 0 Å². The van der Waals surface area contributed by atoms with Gasteiger partial charge in [0, 0.05) is 18.0 Å². The van der Waals surface area contributed by atoms with Crippen molar-refractivity contribution in [2.75, 3.05) is 0 Å². The van der Waals surface area contributed by atoms with E-state index in [1.54, 1.807) is 18.5 Å². The van der Waals surface area contributed by atoms with Crippen LogP contribution in [0.15, 0.2) is 91.3 Å². The molecule has 0 saturated carbocycles. The molecule has 0 aliphatic rings. The van der Waals surface area contributed by atoms with E-state index >= 15 is 0 Å². The third-order valence-corrected chi connectivity index (χ3v) is 4.20. The molecule has 0 aliphatic carbocycles. The van der Waals surface area contributed by atoms with E-state index in [1.807, 2.05) is 78.9 Å². The lowest BCUT2D eigenvalue weighted by atomic mass is 9.96. The molecule has 0 amide bonds. The van der Waals surface area contributed by atoms with Gasteiger partial charge in [0.1, 0.15) is 0 Å². The van der Waals surface area contributed by atoms with Gasteiger partial charge in [-0.15, -0.1) is 0 Å². The normalized spacial score (nSPS) is 11.1.